The van der Waals surface area contributed by atoms with Gasteiger partial charge in [0.25, 0.3) is 5.91 Å². The minimum absolute atomic E-state index is 0.0980. The number of thiazole rings is 1. The summed E-state index contributed by atoms with van der Waals surface area (Å²) in [5.74, 6) is 0.485. The van der Waals surface area contributed by atoms with Crippen LogP contribution in [0.5, 0.6) is 5.75 Å². The zero-order chi connectivity index (χ0) is 18.7. The number of benzene rings is 2. The minimum Gasteiger partial charge on any atom is -0.491 e. The van der Waals surface area contributed by atoms with Crippen molar-refractivity contribution >= 4 is 27.5 Å². The lowest BCUT2D eigenvalue weighted by molar-refractivity contribution is 0.0998. The van der Waals surface area contributed by atoms with Crippen molar-refractivity contribution < 1.29 is 9.53 Å². The molecule has 4 nitrogen and oxygen atoms in total. The zero-order valence-electron chi connectivity index (χ0n) is 15.2. The summed E-state index contributed by atoms with van der Waals surface area (Å²) < 4.78 is 8.76. The van der Waals surface area contributed by atoms with Crippen LogP contribution in [0.3, 0.4) is 0 Å². The number of aromatic nitrogens is 1. The molecule has 3 rings (SSSR count). The Kier molecular flexibility index (Phi) is 5.38. The van der Waals surface area contributed by atoms with Gasteiger partial charge in [-0.15, -0.1) is 6.58 Å². The average Bonchev–Trinajstić information content (AvgIpc) is 2.94. The molecular weight excluding hydrogens is 344 g/mol. The summed E-state index contributed by atoms with van der Waals surface area (Å²) in [6.07, 6.45) is 1.92. The number of fused-ring (bicyclic) bond motifs is 1. The average molecular weight is 366 g/mol. The Morgan fingerprint density at radius 2 is 2.00 bits per heavy atom. The molecule has 0 aliphatic heterocycles. The first kappa shape index (κ1) is 18.1. The van der Waals surface area contributed by atoms with Crippen LogP contribution in [0, 0.1) is 6.92 Å². The molecule has 0 radical (unpaired) electrons. The van der Waals surface area contributed by atoms with Gasteiger partial charge in [-0.1, -0.05) is 29.5 Å². The van der Waals surface area contributed by atoms with Crippen LogP contribution >= 0.6 is 11.3 Å². The smallest absolute Gasteiger partial charge is 0.279 e. The SMILES string of the molecule is C=CCn1c(=NC(=O)c2ccc(OC(C)C)cc2)sc2cccc(C)c21. The molecule has 0 unspecified atom stereocenters. The van der Waals surface area contributed by atoms with E-state index in [1.807, 2.05) is 36.6 Å². The first-order valence-electron chi connectivity index (χ1n) is 8.55. The van der Waals surface area contributed by atoms with Gasteiger partial charge in [-0.05, 0) is 56.7 Å². The third-order valence-electron chi connectivity index (χ3n) is 3.88. The number of carbonyl (C=O) groups is 1. The molecule has 134 valence electrons. The van der Waals surface area contributed by atoms with Gasteiger partial charge in [0.2, 0.25) is 0 Å². The van der Waals surface area contributed by atoms with Crippen LogP contribution in [0.25, 0.3) is 10.2 Å². The van der Waals surface area contributed by atoms with Crippen LogP contribution in [0.1, 0.15) is 29.8 Å². The van der Waals surface area contributed by atoms with Gasteiger partial charge in [0.15, 0.2) is 4.80 Å². The van der Waals surface area contributed by atoms with Gasteiger partial charge in [-0.3, -0.25) is 4.79 Å². The minimum atomic E-state index is -0.261. The molecule has 0 spiro atoms. The van der Waals surface area contributed by atoms with E-state index in [1.165, 1.54) is 11.3 Å². The fraction of sp³-hybridized carbons (Fsp3) is 0.238. The molecular formula is C21H22N2O2S. The van der Waals surface area contributed by atoms with E-state index < -0.39 is 0 Å². The van der Waals surface area contributed by atoms with E-state index in [1.54, 1.807) is 24.3 Å². The number of amides is 1. The maximum atomic E-state index is 12.6. The van der Waals surface area contributed by atoms with Gasteiger partial charge < -0.3 is 9.30 Å². The Hall–Kier alpha value is -2.66. The molecule has 5 heteroatoms. The summed E-state index contributed by atoms with van der Waals surface area (Å²) >= 11 is 1.52. The first-order valence-corrected chi connectivity index (χ1v) is 9.37. The van der Waals surface area contributed by atoms with Crippen LogP contribution in [-0.4, -0.2) is 16.6 Å². The number of rotatable bonds is 5. The summed E-state index contributed by atoms with van der Waals surface area (Å²) in [4.78, 5) is 17.7. The van der Waals surface area contributed by atoms with E-state index in [0.29, 0.717) is 16.9 Å². The molecule has 0 aliphatic carbocycles. The highest BCUT2D eigenvalue weighted by molar-refractivity contribution is 7.16. The molecule has 0 fully saturated rings. The number of nitrogens with zero attached hydrogens (tertiary/aromatic N) is 2. The lowest BCUT2D eigenvalue weighted by atomic mass is 10.2. The Balaban J connectivity index is 2.01. The highest BCUT2D eigenvalue weighted by atomic mass is 32.1. The summed E-state index contributed by atoms with van der Waals surface area (Å²) in [7, 11) is 0. The fourth-order valence-electron chi connectivity index (χ4n) is 2.79. The maximum Gasteiger partial charge on any atom is 0.279 e. The number of aryl methyl sites for hydroxylation is 1. The van der Waals surface area contributed by atoms with E-state index in [9.17, 15) is 4.79 Å². The van der Waals surface area contributed by atoms with E-state index in [0.717, 1.165) is 21.5 Å². The van der Waals surface area contributed by atoms with Crippen molar-refractivity contribution in [3.8, 4) is 5.75 Å². The Morgan fingerprint density at radius 1 is 1.27 bits per heavy atom. The standard InChI is InChI=1S/C21H22N2O2S/c1-5-13-23-19-15(4)7-6-8-18(19)26-21(23)22-20(24)16-9-11-17(12-10-16)25-14(2)3/h5-12,14H,1,13H2,2-4H3. The molecule has 1 aromatic heterocycles. The maximum absolute atomic E-state index is 12.6. The highest BCUT2D eigenvalue weighted by Crippen LogP contribution is 2.21. The molecule has 0 bridgehead atoms. The largest absolute Gasteiger partial charge is 0.491 e. The second-order valence-electron chi connectivity index (χ2n) is 6.31. The van der Waals surface area contributed by atoms with E-state index >= 15 is 0 Å². The van der Waals surface area contributed by atoms with Crippen molar-refractivity contribution in [1.82, 2.24) is 4.57 Å². The number of para-hydroxylation sites is 1. The van der Waals surface area contributed by atoms with Gasteiger partial charge in [0.05, 0.1) is 16.3 Å². The van der Waals surface area contributed by atoms with E-state index in [4.69, 9.17) is 4.74 Å². The molecule has 0 atom stereocenters. The Labute approximate surface area is 157 Å². The van der Waals surface area contributed by atoms with E-state index in [-0.39, 0.29) is 12.0 Å². The van der Waals surface area contributed by atoms with Crippen molar-refractivity contribution in [2.45, 2.75) is 33.4 Å². The summed E-state index contributed by atoms with van der Waals surface area (Å²) in [5.41, 5.74) is 2.80. The molecule has 0 saturated heterocycles. The zero-order valence-corrected chi connectivity index (χ0v) is 16.0. The van der Waals surface area contributed by atoms with Crippen LogP contribution in [0.4, 0.5) is 0 Å². The number of ether oxygens (including phenoxy) is 1. The molecule has 0 saturated carbocycles. The third kappa shape index (κ3) is 3.78. The number of allylic oxidation sites excluding steroid dienone is 1. The molecule has 3 aromatic rings. The monoisotopic (exact) mass is 366 g/mol. The third-order valence-corrected chi connectivity index (χ3v) is 4.93. The molecule has 0 N–H and O–H groups in total. The Morgan fingerprint density at radius 3 is 2.65 bits per heavy atom. The predicted molar refractivity (Wildman–Crippen MR) is 107 cm³/mol. The van der Waals surface area contributed by atoms with Crippen LogP contribution in [-0.2, 0) is 6.54 Å². The van der Waals surface area contributed by atoms with Gasteiger partial charge in [0, 0.05) is 12.1 Å². The van der Waals surface area contributed by atoms with Crippen LogP contribution < -0.4 is 9.54 Å². The molecule has 0 aliphatic rings. The van der Waals surface area contributed by atoms with Gasteiger partial charge in [-0.2, -0.15) is 4.99 Å². The van der Waals surface area contributed by atoms with Crippen LogP contribution in [0.2, 0.25) is 0 Å². The first-order chi connectivity index (χ1) is 12.5. The number of hydrogen-bond donors (Lipinski definition) is 0. The quantitative estimate of drug-likeness (QED) is 0.613. The van der Waals surface area contributed by atoms with Crippen molar-refractivity contribution in [2.24, 2.45) is 4.99 Å². The van der Waals surface area contributed by atoms with Crippen molar-refractivity contribution in [2.75, 3.05) is 0 Å². The van der Waals surface area contributed by atoms with Gasteiger partial charge in [-0.25, -0.2) is 0 Å². The fourth-order valence-corrected chi connectivity index (χ4v) is 3.91. The van der Waals surface area contributed by atoms with Crippen molar-refractivity contribution in [3.05, 3.63) is 71.0 Å². The topological polar surface area (TPSA) is 43.6 Å². The molecule has 1 amide bonds. The second kappa shape index (κ2) is 7.70. The highest BCUT2D eigenvalue weighted by Gasteiger charge is 2.10. The number of carbonyl (C=O) groups excluding carboxylic acids is 1. The molecule has 2 aromatic carbocycles. The van der Waals surface area contributed by atoms with Crippen LogP contribution in [0.15, 0.2) is 60.1 Å². The van der Waals surface area contributed by atoms with Crippen molar-refractivity contribution in [3.63, 3.8) is 0 Å². The van der Waals surface area contributed by atoms with Gasteiger partial charge >= 0.3 is 0 Å². The summed E-state index contributed by atoms with van der Waals surface area (Å²) in [6, 6.07) is 13.2. The normalized spacial score (nSPS) is 11.9. The summed E-state index contributed by atoms with van der Waals surface area (Å²) in [5, 5.41) is 0. The van der Waals surface area contributed by atoms with Crippen molar-refractivity contribution in [1.29, 1.82) is 0 Å². The Bertz CT molecular complexity index is 1010. The van der Waals surface area contributed by atoms with E-state index in [2.05, 4.69) is 24.6 Å². The lowest BCUT2D eigenvalue weighted by Crippen LogP contribution is -2.16. The molecule has 26 heavy (non-hydrogen) atoms. The number of hydrogen-bond acceptors (Lipinski definition) is 3. The lowest BCUT2D eigenvalue weighted by Gasteiger charge is -2.09. The second-order valence-corrected chi connectivity index (χ2v) is 7.32. The van der Waals surface area contributed by atoms with Gasteiger partial charge in [0.1, 0.15) is 5.75 Å². The molecule has 1 heterocycles. The predicted octanol–water partition coefficient (Wildman–Crippen LogP) is 4.73. The summed E-state index contributed by atoms with van der Waals surface area (Å²) in [6.45, 7) is 10.4.